The third-order valence-corrected chi connectivity index (χ3v) is 5.76. The number of aliphatic hydroxyl groups excluding tert-OH is 1. The Morgan fingerprint density at radius 1 is 1.41 bits per heavy atom. The molecule has 0 spiro atoms. The molecule has 154 valence electrons. The Balaban J connectivity index is 2.02. The van der Waals surface area contributed by atoms with Crippen LogP contribution in [0.4, 0.5) is 4.79 Å². The number of carbonyl (C=O) groups excluding carboxylic acids is 1. The highest BCUT2D eigenvalue weighted by Crippen LogP contribution is 2.34. The number of rotatable bonds is 7. The molecule has 2 aliphatic rings. The second kappa shape index (κ2) is 10.2. The zero-order chi connectivity index (χ0) is 19.9. The Morgan fingerprint density at radius 3 is 2.67 bits per heavy atom. The Hall–Kier alpha value is -1.37. The second-order valence-electron chi connectivity index (χ2n) is 7.72. The van der Waals surface area contributed by atoms with Gasteiger partial charge in [-0.25, -0.2) is 4.79 Å². The summed E-state index contributed by atoms with van der Waals surface area (Å²) >= 11 is 0. The number of hydrogen-bond acceptors (Lipinski definition) is 5. The Labute approximate surface area is 163 Å². The van der Waals surface area contributed by atoms with Gasteiger partial charge in [-0.2, -0.15) is 0 Å². The summed E-state index contributed by atoms with van der Waals surface area (Å²) in [6, 6.07) is -0.166. The molecule has 3 N–H and O–H groups in total. The first-order valence-electron chi connectivity index (χ1n) is 10.4. The molecule has 1 amide bonds. The van der Waals surface area contributed by atoms with E-state index >= 15 is 0 Å². The van der Waals surface area contributed by atoms with Gasteiger partial charge in [-0.3, -0.25) is 0 Å². The van der Waals surface area contributed by atoms with E-state index in [1.54, 1.807) is 11.0 Å². The van der Waals surface area contributed by atoms with Crippen LogP contribution >= 0.6 is 0 Å². The van der Waals surface area contributed by atoms with Crippen molar-refractivity contribution in [3.05, 3.63) is 23.5 Å². The number of nitrogens with one attached hydrogen (secondary N) is 1. The number of nitrogens with zero attached hydrogens (tertiary/aromatic N) is 1. The lowest BCUT2D eigenvalue weighted by Gasteiger charge is -2.40. The number of likely N-dealkylation sites (tertiary alicyclic amines) is 1. The number of piperidine rings is 1. The summed E-state index contributed by atoms with van der Waals surface area (Å²) in [5.41, 5.74) is 0.225. The molecular weight excluding hydrogens is 344 g/mol. The van der Waals surface area contributed by atoms with Gasteiger partial charge in [-0.1, -0.05) is 25.5 Å². The largest absolute Gasteiger partial charge is 0.414 e. The molecule has 0 unspecified atom stereocenters. The van der Waals surface area contributed by atoms with Crippen molar-refractivity contribution in [1.82, 2.24) is 10.2 Å². The fourth-order valence-electron chi connectivity index (χ4n) is 4.05. The van der Waals surface area contributed by atoms with Gasteiger partial charge < -0.3 is 25.2 Å². The number of likely N-dealkylation sites (N-methyl/N-ethyl adjacent to an activating group) is 1. The van der Waals surface area contributed by atoms with Crippen LogP contribution in [0.1, 0.15) is 65.2 Å². The average molecular weight is 381 g/mol. The van der Waals surface area contributed by atoms with Crippen molar-refractivity contribution in [3.63, 3.8) is 0 Å². The number of hydrogen-bond donors (Lipinski definition) is 3. The van der Waals surface area contributed by atoms with Gasteiger partial charge in [0.2, 0.25) is 0 Å². The van der Waals surface area contributed by atoms with Gasteiger partial charge in [0.15, 0.2) is 0 Å². The molecule has 0 radical (unpaired) electrons. The van der Waals surface area contributed by atoms with Crippen molar-refractivity contribution >= 4 is 6.09 Å². The molecule has 27 heavy (non-hydrogen) atoms. The molecule has 0 saturated carbocycles. The van der Waals surface area contributed by atoms with E-state index < -0.39 is 17.8 Å². The highest BCUT2D eigenvalue weighted by Gasteiger charge is 2.42. The molecule has 0 aromatic carbocycles. The molecule has 1 aliphatic carbocycles. The fraction of sp³-hybridized carbons (Fsp3) is 0.762. The lowest BCUT2D eigenvalue weighted by molar-refractivity contribution is -0.0481. The van der Waals surface area contributed by atoms with E-state index in [1.165, 1.54) is 5.57 Å². The first-order chi connectivity index (χ1) is 12.9. The molecule has 0 aromatic heterocycles. The Bertz CT molecular complexity index is 554. The summed E-state index contributed by atoms with van der Waals surface area (Å²) in [4.78, 5) is 14.0. The Morgan fingerprint density at radius 2 is 2.11 bits per heavy atom. The molecule has 1 fully saturated rings. The van der Waals surface area contributed by atoms with E-state index in [9.17, 15) is 15.0 Å². The molecule has 1 saturated heterocycles. The van der Waals surface area contributed by atoms with Crippen molar-refractivity contribution < 1.29 is 19.7 Å². The third kappa shape index (κ3) is 5.80. The number of aliphatic hydroxyl groups is 2. The van der Waals surface area contributed by atoms with Crippen molar-refractivity contribution in [2.24, 2.45) is 0 Å². The van der Waals surface area contributed by atoms with Gasteiger partial charge in [0.25, 0.3) is 0 Å². The topological polar surface area (TPSA) is 82.0 Å². The normalized spacial score (nSPS) is 27.9. The van der Waals surface area contributed by atoms with Crippen LogP contribution in [0.5, 0.6) is 0 Å². The summed E-state index contributed by atoms with van der Waals surface area (Å²) < 4.78 is 5.45. The number of ether oxygens (including phenoxy) is 1. The van der Waals surface area contributed by atoms with E-state index in [0.29, 0.717) is 19.5 Å². The maximum absolute atomic E-state index is 12.3. The van der Waals surface area contributed by atoms with E-state index in [1.807, 2.05) is 7.05 Å². The highest BCUT2D eigenvalue weighted by atomic mass is 16.6. The van der Waals surface area contributed by atoms with Gasteiger partial charge >= 0.3 is 6.09 Å². The lowest BCUT2D eigenvalue weighted by Crippen LogP contribution is -2.53. The summed E-state index contributed by atoms with van der Waals surface area (Å²) in [7, 11) is 1.84. The molecular formula is C21H36N2O4. The Kier molecular flexibility index (Phi) is 8.32. The van der Waals surface area contributed by atoms with Crippen LogP contribution in [-0.4, -0.2) is 59.1 Å². The first kappa shape index (κ1) is 21.9. The summed E-state index contributed by atoms with van der Waals surface area (Å²) in [5.74, 6) is 0.268. The van der Waals surface area contributed by atoms with Gasteiger partial charge in [0.1, 0.15) is 11.9 Å². The number of carbonyl (C=O) groups is 1. The van der Waals surface area contributed by atoms with Crippen LogP contribution in [0.3, 0.4) is 0 Å². The second-order valence-corrected chi connectivity index (χ2v) is 7.72. The van der Waals surface area contributed by atoms with E-state index in [0.717, 1.165) is 38.5 Å². The monoisotopic (exact) mass is 380 g/mol. The lowest BCUT2D eigenvalue weighted by atomic mass is 9.78. The van der Waals surface area contributed by atoms with Gasteiger partial charge in [0.05, 0.1) is 5.60 Å². The van der Waals surface area contributed by atoms with E-state index in [2.05, 4.69) is 25.2 Å². The molecule has 1 heterocycles. The third-order valence-electron chi connectivity index (χ3n) is 5.76. The predicted molar refractivity (Wildman–Crippen MR) is 106 cm³/mol. The van der Waals surface area contributed by atoms with Crippen LogP contribution in [0, 0.1) is 0 Å². The molecule has 6 nitrogen and oxygen atoms in total. The van der Waals surface area contributed by atoms with Crippen LogP contribution < -0.4 is 5.32 Å². The van der Waals surface area contributed by atoms with Crippen molar-refractivity contribution in [2.45, 2.75) is 83.0 Å². The molecule has 0 aromatic rings. The molecule has 3 atom stereocenters. The molecule has 6 heteroatoms. The number of allylic oxidation sites excluding steroid dienone is 1. The van der Waals surface area contributed by atoms with Gasteiger partial charge in [-0.05, 0) is 58.1 Å². The van der Waals surface area contributed by atoms with Crippen LogP contribution in [0.25, 0.3) is 0 Å². The molecule has 2 rings (SSSR count). The average Bonchev–Trinajstić information content (AvgIpc) is 2.67. The van der Waals surface area contributed by atoms with Crippen LogP contribution in [0.2, 0.25) is 0 Å². The van der Waals surface area contributed by atoms with E-state index in [-0.39, 0.29) is 18.2 Å². The van der Waals surface area contributed by atoms with Gasteiger partial charge in [-0.15, -0.1) is 0 Å². The zero-order valence-corrected chi connectivity index (χ0v) is 17.0. The minimum absolute atomic E-state index is 0.154. The van der Waals surface area contributed by atoms with Crippen LogP contribution in [-0.2, 0) is 4.74 Å². The minimum atomic E-state index is -1.07. The van der Waals surface area contributed by atoms with Crippen molar-refractivity contribution in [1.29, 1.82) is 0 Å². The quantitative estimate of drug-likeness (QED) is 0.591. The van der Waals surface area contributed by atoms with Crippen molar-refractivity contribution in [3.8, 4) is 0 Å². The van der Waals surface area contributed by atoms with E-state index in [4.69, 9.17) is 4.74 Å². The summed E-state index contributed by atoms with van der Waals surface area (Å²) in [5, 5.41) is 24.9. The maximum Gasteiger partial charge on any atom is 0.414 e. The standard InChI is InChI=1S/C21H36N2O4/c1-4-9-16(5-2)14-19(22-3)21(26)11-10-18(17(24)15-21)27-20(25)23-12-7-6-8-13-23/h9-10,17,19,22,24,26H,4-8,11-15H2,1-3H3/b16-9+/t17-,19-,21+/m1/s1. The maximum atomic E-state index is 12.3. The van der Waals surface area contributed by atoms with Crippen molar-refractivity contribution in [2.75, 3.05) is 20.1 Å². The number of amides is 1. The zero-order valence-electron chi connectivity index (χ0n) is 17.0. The molecule has 1 aliphatic heterocycles. The smallest absolute Gasteiger partial charge is 0.412 e. The minimum Gasteiger partial charge on any atom is -0.412 e. The first-order valence-corrected chi connectivity index (χ1v) is 10.4. The fourth-order valence-corrected chi connectivity index (χ4v) is 4.05. The van der Waals surface area contributed by atoms with Crippen LogP contribution in [0.15, 0.2) is 23.5 Å². The SMILES string of the molecule is CC/C=C(\CC)C[C@@H](NC)[C@]1(O)CC=C(OC(=O)N2CCCCC2)[C@H](O)C1. The molecule has 0 bridgehead atoms. The summed E-state index contributed by atoms with van der Waals surface area (Å²) in [6.07, 6.45) is 8.78. The van der Waals surface area contributed by atoms with Gasteiger partial charge in [0, 0.05) is 25.6 Å². The predicted octanol–water partition coefficient (Wildman–Crippen LogP) is 3.10. The highest BCUT2D eigenvalue weighted by molar-refractivity contribution is 5.69. The summed E-state index contributed by atoms with van der Waals surface area (Å²) in [6.45, 7) is 5.63.